The second kappa shape index (κ2) is 7.45. The number of benzene rings is 2. The van der Waals surface area contributed by atoms with Crippen LogP contribution in [0.1, 0.15) is 37.3 Å². The molecule has 0 aliphatic carbocycles. The fraction of sp³-hybridized carbons (Fsp3) is 0.368. The van der Waals surface area contributed by atoms with E-state index >= 15 is 0 Å². The molecule has 2 aromatic rings. The van der Waals surface area contributed by atoms with Gasteiger partial charge in [0.1, 0.15) is 0 Å². The molecule has 0 bridgehead atoms. The van der Waals surface area contributed by atoms with Gasteiger partial charge in [0.05, 0.1) is 25.0 Å². The zero-order valence-corrected chi connectivity index (χ0v) is 13.4. The van der Waals surface area contributed by atoms with Crippen molar-refractivity contribution in [2.45, 2.75) is 37.8 Å². The molecule has 1 fully saturated rings. The van der Waals surface area contributed by atoms with Crippen LogP contribution in [0.4, 0.5) is 0 Å². The molecular formula is C19H21NO4. The zero-order valence-electron chi connectivity index (χ0n) is 13.4. The van der Waals surface area contributed by atoms with E-state index in [1.165, 1.54) is 0 Å². The molecule has 1 amide bonds. The normalized spacial score (nSPS) is 18.4. The minimum Gasteiger partial charge on any atom is -0.481 e. The van der Waals surface area contributed by atoms with Crippen molar-refractivity contribution in [3.63, 3.8) is 0 Å². The van der Waals surface area contributed by atoms with Gasteiger partial charge >= 0.3 is 5.97 Å². The van der Waals surface area contributed by atoms with Crippen molar-refractivity contribution in [1.29, 1.82) is 0 Å². The van der Waals surface area contributed by atoms with E-state index in [0.717, 1.165) is 29.2 Å². The van der Waals surface area contributed by atoms with Gasteiger partial charge in [0.25, 0.3) is 0 Å². The molecule has 0 radical (unpaired) electrons. The average molecular weight is 327 g/mol. The summed E-state index contributed by atoms with van der Waals surface area (Å²) in [5.41, 5.74) is 0.830. The van der Waals surface area contributed by atoms with E-state index in [4.69, 9.17) is 4.74 Å². The SMILES string of the molecule is O=C(O)C[C@@H](NC(=O)CC1CCCO1)c1cccc2ccccc12. The molecule has 126 valence electrons. The number of amides is 1. The van der Waals surface area contributed by atoms with Crippen LogP contribution in [0.5, 0.6) is 0 Å². The van der Waals surface area contributed by atoms with Gasteiger partial charge in [0, 0.05) is 6.61 Å². The molecule has 1 unspecified atom stereocenters. The first-order chi connectivity index (χ1) is 11.6. The van der Waals surface area contributed by atoms with E-state index in [2.05, 4.69) is 5.32 Å². The van der Waals surface area contributed by atoms with Gasteiger partial charge in [-0.3, -0.25) is 9.59 Å². The first kappa shape index (κ1) is 16.5. The van der Waals surface area contributed by atoms with Gasteiger partial charge in [-0.1, -0.05) is 42.5 Å². The summed E-state index contributed by atoms with van der Waals surface area (Å²) in [7, 11) is 0. The predicted molar refractivity (Wildman–Crippen MR) is 90.7 cm³/mol. The van der Waals surface area contributed by atoms with Crippen LogP contribution in [0.25, 0.3) is 10.8 Å². The van der Waals surface area contributed by atoms with Crippen molar-refractivity contribution in [2.24, 2.45) is 0 Å². The maximum absolute atomic E-state index is 12.3. The van der Waals surface area contributed by atoms with Crippen LogP contribution in [-0.4, -0.2) is 29.7 Å². The summed E-state index contributed by atoms with van der Waals surface area (Å²) < 4.78 is 5.49. The molecule has 1 aliphatic heterocycles. The van der Waals surface area contributed by atoms with Crippen molar-refractivity contribution in [3.05, 3.63) is 48.0 Å². The van der Waals surface area contributed by atoms with Gasteiger partial charge in [0.2, 0.25) is 5.91 Å². The topological polar surface area (TPSA) is 75.6 Å². The highest BCUT2D eigenvalue weighted by molar-refractivity contribution is 5.87. The van der Waals surface area contributed by atoms with Crippen LogP contribution < -0.4 is 5.32 Å². The molecule has 0 spiro atoms. The quantitative estimate of drug-likeness (QED) is 0.855. The summed E-state index contributed by atoms with van der Waals surface area (Å²) in [6, 6.07) is 13.0. The number of nitrogens with one attached hydrogen (secondary N) is 1. The second-order valence-corrected chi connectivity index (χ2v) is 6.13. The molecule has 24 heavy (non-hydrogen) atoms. The standard InChI is InChI=1S/C19H21NO4/c21-18(11-14-7-4-10-24-14)20-17(12-19(22)23)16-9-3-6-13-5-1-2-8-15(13)16/h1-3,5-6,8-9,14,17H,4,7,10-12H2,(H,20,21)(H,22,23)/t14?,17-/m1/s1. The Morgan fingerprint density at radius 3 is 2.75 bits per heavy atom. The Bertz CT molecular complexity index is 732. The number of carbonyl (C=O) groups excluding carboxylic acids is 1. The van der Waals surface area contributed by atoms with Gasteiger partial charge < -0.3 is 15.2 Å². The predicted octanol–water partition coefficient (Wildman–Crippen LogP) is 3.04. The van der Waals surface area contributed by atoms with Gasteiger partial charge in [-0.2, -0.15) is 0 Å². The van der Waals surface area contributed by atoms with E-state index in [0.29, 0.717) is 6.61 Å². The molecule has 1 saturated heterocycles. The number of carbonyl (C=O) groups is 2. The molecule has 1 aliphatic rings. The summed E-state index contributed by atoms with van der Waals surface area (Å²) >= 11 is 0. The Kier molecular flexibility index (Phi) is 5.11. The first-order valence-corrected chi connectivity index (χ1v) is 8.24. The monoisotopic (exact) mass is 327 g/mol. The molecule has 0 aromatic heterocycles. The largest absolute Gasteiger partial charge is 0.481 e. The van der Waals surface area contributed by atoms with E-state index < -0.39 is 12.0 Å². The maximum Gasteiger partial charge on any atom is 0.305 e. The molecule has 2 aromatic carbocycles. The van der Waals surface area contributed by atoms with Crippen LogP contribution in [0.15, 0.2) is 42.5 Å². The van der Waals surface area contributed by atoms with Crippen molar-refractivity contribution < 1.29 is 19.4 Å². The highest BCUT2D eigenvalue weighted by Gasteiger charge is 2.23. The minimum atomic E-state index is -0.939. The zero-order chi connectivity index (χ0) is 16.9. The number of fused-ring (bicyclic) bond motifs is 1. The molecule has 5 heteroatoms. The molecule has 2 atom stereocenters. The van der Waals surface area contributed by atoms with Crippen molar-refractivity contribution in [2.75, 3.05) is 6.61 Å². The van der Waals surface area contributed by atoms with Crippen LogP contribution in [0, 0.1) is 0 Å². The van der Waals surface area contributed by atoms with Crippen LogP contribution in [-0.2, 0) is 14.3 Å². The Morgan fingerprint density at radius 2 is 2.00 bits per heavy atom. The number of carboxylic acids is 1. The van der Waals surface area contributed by atoms with E-state index in [-0.39, 0.29) is 24.9 Å². The Labute approximate surface area is 140 Å². The van der Waals surface area contributed by atoms with Gasteiger partial charge in [-0.05, 0) is 29.2 Å². The highest BCUT2D eigenvalue weighted by atomic mass is 16.5. The first-order valence-electron chi connectivity index (χ1n) is 8.24. The lowest BCUT2D eigenvalue weighted by Gasteiger charge is -2.20. The number of aliphatic carboxylic acids is 1. The highest BCUT2D eigenvalue weighted by Crippen LogP contribution is 2.27. The van der Waals surface area contributed by atoms with E-state index in [1.807, 2.05) is 42.5 Å². The number of hydrogen-bond donors (Lipinski definition) is 2. The third-order valence-electron chi connectivity index (χ3n) is 4.35. The van der Waals surface area contributed by atoms with Crippen molar-refractivity contribution >= 4 is 22.6 Å². The minimum absolute atomic E-state index is 0.0528. The Morgan fingerprint density at radius 1 is 1.21 bits per heavy atom. The van der Waals surface area contributed by atoms with Crippen LogP contribution in [0.3, 0.4) is 0 Å². The fourth-order valence-corrected chi connectivity index (χ4v) is 3.23. The lowest BCUT2D eigenvalue weighted by molar-refractivity contribution is -0.137. The summed E-state index contributed by atoms with van der Waals surface area (Å²) in [5, 5.41) is 14.1. The van der Waals surface area contributed by atoms with Crippen LogP contribution in [0.2, 0.25) is 0 Å². The third kappa shape index (κ3) is 3.92. The maximum atomic E-state index is 12.3. The number of rotatable bonds is 6. The number of carboxylic acid groups (broad SMARTS) is 1. The Hall–Kier alpha value is -2.40. The number of hydrogen-bond acceptors (Lipinski definition) is 3. The second-order valence-electron chi connectivity index (χ2n) is 6.13. The summed E-state index contributed by atoms with van der Waals surface area (Å²) in [4.78, 5) is 23.6. The van der Waals surface area contributed by atoms with Crippen molar-refractivity contribution in [1.82, 2.24) is 5.32 Å². The smallest absolute Gasteiger partial charge is 0.305 e. The van der Waals surface area contributed by atoms with E-state index in [1.54, 1.807) is 0 Å². The van der Waals surface area contributed by atoms with E-state index in [9.17, 15) is 14.7 Å². The number of ether oxygens (including phenoxy) is 1. The summed E-state index contributed by atoms with van der Waals surface area (Å²) in [6.45, 7) is 0.694. The molecule has 1 heterocycles. The molecule has 2 N–H and O–H groups in total. The summed E-state index contributed by atoms with van der Waals surface area (Å²) in [5.74, 6) is -1.11. The Balaban J connectivity index is 1.82. The third-order valence-corrected chi connectivity index (χ3v) is 4.35. The fourth-order valence-electron chi connectivity index (χ4n) is 3.23. The van der Waals surface area contributed by atoms with Crippen molar-refractivity contribution in [3.8, 4) is 0 Å². The van der Waals surface area contributed by atoms with Crippen LogP contribution >= 0.6 is 0 Å². The summed E-state index contributed by atoms with van der Waals surface area (Å²) in [6.07, 6.45) is 1.93. The molecule has 3 rings (SSSR count). The molecular weight excluding hydrogens is 306 g/mol. The lowest BCUT2D eigenvalue weighted by atomic mass is 9.96. The van der Waals surface area contributed by atoms with Gasteiger partial charge in [0.15, 0.2) is 0 Å². The lowest BCUT2D eigenvalue weighted by Crippen LogP contribution is -2.32. The van der Waals surface area contributed by atoms with Gasteiger partial charge in [-0.15, -0.1) is 0 Å². The van der Waals surface area contributed by atoms with Gasteiger partial charge in [-0.25, -0.2) is 0 Å². The molecule has 5 nitrogen and oxygen atoms in total. The average Bonchev–Trinajstić information content (AvgIpc) is 3.06. The molecule has 0 saturated carbocycles.